The van der Waals surface area contributed by atoms with Gasteiger partial charge in [-0.05, 0) is 30.4 Å². The second-order valence-corrected chi connectivity index (χ2v) is 5.58. The van der Waals surface area contributed by atoms with Crippen LogP contribution < -0.4 is 4.90 Å². The summed E-state index contributed by atoms with van der Waals surface area (Å²) < 4.78 is 0. The molecule has 2 unspecified atom stereocenters. The molecule has 1 aromatic carbocycles. The van der Waals surface area contributed by atoms with Gasteiger partial charge in [-0.15, -0.1) is 0 Å². The van der Waals surface area contributed by atoms with Crippen LogP contribution in [0.15, 0.2) is 24.3 Å². The minimum atomic E-state index is -0.700. The van der Waals surface area contributed by atoms with E-state index in [1.165, 1.54) is 12.8 Å². The Hall–Kier alpha value is -1.51. The maximum Gasteiger partial charge on any atom is 0.311 e. The average Bonchev–Trinajstić information content (AvgIpc) is 2.39. The fourth-order valence-electron chi connectivity index (χ4n) is 3.04. The van der Waals surface area contributed by atoms with Gasteiger partial charge in [-0.3, -0.25) is 4.79 Å². The number of fused-ring (bicyclic) bond motifs is 1. The summed E-state index contributed by atoms with van der Waals surface area (Å²) in [6.45, 7) is 6.36. The van der Waals surface area contributed by atoms with Gasteiger partial charge in [0, 0.05) is 18.8 Å². The summed E-state index contributed by atoms with van der Waals surface area (Å²) in [4.78, 5) is 13.7. The lowest BCUT2D eigenvalue weighted by atomic mass is 9.89. The number of hydrogen-bond acceptors (Lipinski definition) is 2. The Kier molecular flexibility index (Phi) is 4.46. The molecule has 1 aromatic rings. The Labute approximate surface area is 115 Å². The highest BCUT2D eigenvalue weighted by Gasteiger charge is 2.29. The number of rotatable bonds is 5. The van der Waals surface area contributed by atoms with Gasteiger partial charge in [0.1, 0.15) is 0 Å². The lowest BCUT2D eigenvalue weighted by Gasteiger charge is -2.35. The largest absolute Gasteiger partial charge is 0.481 e. The van der Waals surface area contributed by atoms with E-state index in [9.17, 15) is 9.90 Å². The summed E-state index contributed by atoms with van der Waals surface area (Å²) in [5.41, 5.74) is 2.09. The zero-order valence-electron chi connectivity index (χ0n) is 11.8. The smallest absolute Gasteiger partial charge is 0.311 e. The third-order valence-corrected chi connectivity index (χ3v) is 3.95. The molecule has 0 saturated heterocycles. The highest BCUT2D eigenvalue weighted by molar-refractivity contribution is 5.80. The number of anilines is 1. The minimum absolute atomic E-state index is 0.339. The number of para-hydroxylation sites is 1. The molecule has 1 aliphatic heterocycles. The van der Waals surface area contributed by atoms with E-state index in [4.69, 9.17) is 0 Å². The summed E-state index contributed by atoms with van der Waals surface area (Å²) >= 11 is 0. The number of carboxylic acid groups (broad SMARTS) is 1. The Morgan fingerprint density at radius 2 is 2.21 bits per heavy atom. The Morgan fingerprint density at radius 3 is 2.89 bits per heavy atom. The van der Waals surface area contributed by atoms with Crippen molar-refractivity contribution < 1.29 is 9.90 Å². The van der Waals surface area contributed by atoms with Crippen molar-refractivity contribution in [3.63, 3.8) is 0 Å². The van der Waals surface area contributed by atoms with Gasteiger partial charge in [0.15, 0.2) is 0 Å². The van der Waals surface area contributed by atoms with Gasteiger partial charge in [-0.25, -0.2) is 0 Å². The van der Waals surface area contributed by atoms with Crippen LogP contribution in [-0.4, -0.2) is 24.2 Å². The topological polar surface area (TPSA) is 40.5 Å². The average molecular weight is 261 g/mol. The Bertz CT molecular complexity index is 444. The summed E-state index contributed by atoms with van der Waals surface area (Å²) in [6, 6.07) is 7.96. The molecule has 2 atom stereocenters. The van der Waals surface area contributed by atoms with Crippen molar-refractivity contribution in [3.05, 3.63) is 29.8 Å². The van der Waals surface area contributed by atoms with Crippen LogP contribution in [0.2, 0.25) is 0 Å². The van der Waals surface area contributed by atoms with Gasteiger partial charge in [-0.2, -0.15) is 0 Å². The van der Waals surface area contributed by atoms with Crippen molar-refractivity contribution in [1.82, 2.24) is 0 Å². The van der Waals surface area contributed by atoms with Crippen LogP contribution in [0.5, 0.6) is 0 Å². The molecule has 3 heteroatoms. The SMILES string of the molecule is CCCC(C)CN1CCC(C(=O)O)c2ccccc21. The second-order valence-electron chi connectivity index (χ2n) is 5.58. The first-order valence-corrected chi connectivity index (χ1v) is 7.20. The van der Waals surface area contributed by atoms with Gasteiger partial charge in [0.25, 0.3) is 0 Å². The van der Waals surface area contributed by atoms with Gasteiger partial charge in [0.2, 0.25) is 0 Å². The first-order valence-electron chi connectivity index (χ1n) is 7.20. The van der Waals surface area contributed by atoms with E-state index in [2.05, 4.69) is 24.8 Å². The van der Waals surface area contributed by atoms with Crippen LogP contribution >= 0.6 is 0 Å². The van der Waals surface area contributed by atoms with Crippen LogP contribution in [0.3, 0.4) is 0 Å². The van der Waals surface area contributed by atoms with E-state index >= 15 is 0 Å². The van der Waals surface area contributed by atoms with Crippen molar-refractivity contribution in [2.75, 3.05) is 18.0 Å². The molecule has 2 rings (SSSR count). The van der Waals surface area contributed by atoms with Crippen LogP contribution in [-0.2, 0) is 4.79 Å². The Balaban J connectivity index is 2.20. The van der Waals surface area contributed by atoms with Gasteiger partial charge < -0.3 is 10.0 Å². The van der Waals surface area contributed by atoms with E-state index < -0.39 is 5.97 Å². The van der Waals surface area contributed by atoms with E-state index in [1.807, 2.05) is 18.2 Å². The third-order valence-electron chi connectivity index (χ3n) is 3.95. The zero-order valence-corrected chi connectivity index (χ0v) is 11.8. The molecule has 1 N–H and O–H groups in total. The number of nitrogens with zero attached hydrogens (tertiary/aromatic N) is 1. The van der Waals surface area contributed by atoms with Gasteiger partial charge in [0.05, 0.1) is 5.92 Å². The fourth-order valence-corrected chi connectivity index (χ4v) is 3.04. The molecular formula is C16H23NO2. The van der Waals surface area contributed by atoms with Gasteiger partial charge >= 0.3 is 5.97 Å². The lowest BCUT2D eigenvalue weighted by Crippen LogP contribution is -2.36. The van der Waals surface area contributed by atoms with Crippen LogP contribution in [0.25, 0.3) is 0 Å². The predicted octanol–water partition coefficient (Wildman–Crippen LogP) is 3.50. The normalized spacial score (nSPS) is 19.9. The maximum absolute atomic E-state index is 11.3. The number of carboxylic acids is 1. The number of hydrogen-bond donors (Lipinski definition) is 1. The molecule has 0 aliphatic carbocycles. The maximum atomic E-state index is 11.3. The summed E-state index contributed by atoms with van der Waals surface area (Å²) in [5.74, 6) is -0.387. The fraction of sp³-hybridized carbons (Fsp3) is 0.562. The minimum Gasteiger partial charge on any atom is -0.481 e. The summed E-state index contributed by atoms with van der Waals surface area (Å²) in [6.07, 6.45) is 3.14. The molecule has 0 amide bonds. The van der Waals surface area contributed by atoms with E-state index in [1.54, 1.807) is 0 Å². The standard InChI is InChI=1S/C16H23NO2/c1-3-6-12(2)11-17-10-9-14(16(18)19)13-7-4-5-8-15(13)17/h4-5,7-8,12,14H,3,6,9-11H2,1-2H3,(H,18,19). The second kappa shape index (κ2) is 6.09. The summed E-state index contributed by atoms with van der Waals surface area (Å²) in [5, 5.41) is 9.32. The molecule has 0 bridgehead atoms. The van der Waals surface area contributed by atoms with E-state index in [-0.39, 0.29) is 5.92 Å². The molecule has 0 radical (unpaired) electrons. The molecule has 1 heterocycles. The molecular weight excluding hydrogens is 238 g/mol. The molecule has 0 saturated carbocycles. The van der Waals surface area contributed by atoms with E-state index in [0.717, 1.165) is 24.3 Å². The van der Waals surface area contributed by atoms with Crippen LogP contribution in [0.4, 0.5) is 5.69 Å². The third kappa shape index (κ3) is 3.09. The highest BCUT2D eigenvalue weighted by atomic mass is 16.4. The molecule has 3 nitrogen and oxygen atoms in total. The number of benzene rings is 1. The molecule has 0 aromatic heterocycles. The van der Waals surface area contributed by atoms with Crippen molar-refractivity contribution in [2.45, 2.75) is 39.0 Å². The molecule has 0 fully saturated rings. The number of aliphatic carboxylic acids is 1. The van der Waals surface area contributed by atoms with Crippen LogP contribution in [0.1, 0.15) is 44.6 Å². The predicted molar refractivity (Wildman–Crippen MR) is 77.7 cm³/mol. The molecule has 0 spiro atoms. The quantitative estimate of drug-likeness (QED) is 0.882. The monoisotopic (exact) mass is 261 g/mol. The van der Waals surface area contributed by atoms with Crippen molar-refractivity contribution in [3.8, 4) is 0 Å². The first-order chi connectivity index (χ1) is 9.13. The number of carbonyl (C=O) groups is 1. The van der Waals surface area contributed by atoms with Gasteiger partial charge in [-0.1, -0.05) is 38.5 Å². The Morgan fingerprint density at radius 1 is 1.47 bits per heavy atom. The summed E-state index contributed by atoms with van der Waals surface area (Å²) in [7, 11) is 0. The molecule has 19 heavy (non-hydrogen) atoms. The zero-order chi connectivity index (χ0) is 13.8. The van der Waals surface area contributed by atoms with E-state index in [0.29, 0.717) is 12.3 Å². The lowest BCUT2D eigenvalue weighted by molar-refractivity contribution is -0.139. The molecule has 104 valence electrons. The van der Waals surface area contributed by atoms with Crippen LogP contribution in [0, 0.1) is 5.92 Å². The molecule has 1 aliphatic rings. The first kappa shape index (κ1) is 13.9. The van der Waals surface area contributed by atoms with Crippen molar-refractivity contribution in [2.24, 2.45) is 5.92 Å². The van der Waals surface area contributed by atoms with Crippen molar-refractivity contribution in [1.29, 1.82) is 0 Å². The highest BCUT2D eigenvalue weighted by Crippen LogP contribution is 2.35. The van der Waals surface area contributed by atoms with Crippen molar-refractivity contribution >= 4 is 11.7 Å².